The van der Waals surface area contributed by atoms with Crippen LogP contribution in [-0.4, -0.2) is 39.8 Å². The first kappa shape index (κ1) is 15.9. The van der Waals surface area contributed by atoms with Crippen molar-refractivity contribution in [1.29, 1.82) is 0 Å². The van der Waals surface area contributed by atoms with Crippen LogP contribution in [0.4, 0.5) is 5.82 Å². The molecule has 0 aliphatic carbocycles. The highest BCUT2D eigenvalue weighted by atomic mass is 16.1. The Morgan fingerprint density at radius 3 is 2.50 bits per heavy atom. The first-order valence-corrected chi connectivity index (χ1v) is 7.10. The highest BCUT2D eigenvalue weighted by Crippen LogP contribution is 2.12. The van der Waals surface area contributed by atoms with Crippen molar-refractivity contribution in [3.05, 3.63) is 34.5 Å². The Labute approximate surface area is 130 Å². The van der Waals surface area contributed by atoms with Gasteiger partial charge < -0.3 is 10.2 Å². The number of amides is 1. The van der Waals surface area contributed by atoms with E-state index in [1.165, 1.54) is 0 Å². The molecule has 1 N–H and O–H groups in total. The molecule has 0 saturated carbocycles. The third-order valence-corrected chi connectivity index (χ3v) is 3.49. The minimum atomic E-state index is -0.153. The molecule has 2 aromatic heterocycles. The van der Waals surface area contributed by atoms with E-state index in [1.807, 2.05) is 52.9 Å². The standard InChI is InChI=1S/C15H22N6O/c1-9-7-13(20(4)5)18-12(17-9)8-16-15(22)14-10(2)19-21(6)11(14)3/h7H,8H2,1-6H3,(H,16,22). The molecule has 0 spiro atoms. The Hall–Kier alpha value is -2.44. The molecule has 22 heavy (non-hydrogen) atoms. The predicted octanol–water partition coefficient (Wildman–Crippen LogP) is 1.13. The fourth-order valence-electron chi connectivity index (χ4n) is 2.27. The third-order valence-electron chi connectivity index (χ3n) is 3.49. The summed E-state index contributed by atoms with van der Waals surface area (Å²) in [6, 6.07) is 1.90. The lowest BCUT2D eigenvalue weighted by Gasteiger charge is -2.13. The summed E-state index contributed by atoms with van der Waals surface area (Å²) in [4.78, 5) is 23.0. The van der Waals surface area contributed by atoms with Crippen LogP contribution in [0.15, 0.2) is 6.07 Å². The number of anilines is 1. The van der Waals surface area contributed by atoms with E-state index in [0.29, 0.717) is 11.4 Å². The smallest absolute Gasteiger partial charge is 0.255 e. The van der Waals surface area contributed by atoms with Crippen LogP contribution in [0.1, 0.15) is 33.3 Å². The summed E-state index contributed by atoms with van der Waals surface area (Å²) in [5.41, 5.74) is 3.05. The van der Waals surface area contributed by atoms with Crippen LogP contribution in [0, 0.1) is 20.8 Å². The molecule has 0 aromatic carbocycles. The van der Waals surface area contributed by atoms with E-state index < -0.39 is 0 Å². The SMILES string of the molecule is Cc1cc(N(C)C)nc(CNC(=O)c2c(C)nn(C)c2C)n1. The topological polar surface area (TPSA) is 75.9 Å². The number of nitrogens with zero attached hydrogens (tertiary/aromatic N) is 5. The van der Waals surface area contributed by atoms with Gasteiger partial charge in [0.2, 0.25) is 0 Å². The van der Waals surface area contributed by atoms with E-state index in [0.717, 1.165) is 22.9 Å². The van der Waals surface area contributed by atoms with Crippen molar-refractivity contribution < 1.29 is 4.79 Å². The van der Waals surface area contributed by atoms with Gasteiger partial charge in [0.15, 0.2) is 0 Å². The van der Waals surface area contributed by atoms with E-state index in [4.69, 9.17) is 0 Å². The monoisotopic (exact) mass is 302 g/mol. The molecule has 0 atom stereocenters. The molecule has 7 nitrogen and oxygen atoms in total. The molecular weight excluding hydrogens is 280 g/mol. The number of hydrogen-bond donors (Lipinski definition) is 1. The van der Waals surface area contributed by atoms with Crippen molar-refractivity contribution >= 4 is 11.7 Å². The summed E-state index contributed by atoms with van der Waals surface area (Å²) in [5, 5.41) is 7.12. The van der Waals surface area contributed by atoms with Crippen LogP contribution in [-0.2, 0) is 13.6 Å². The van der Waals surface area contributed by atoms with Crippen LogP contribution in [0.3, 0.4) is 0 Å². The van der Waals surface area contributed by atoms with Gasteiger partial charge in [0.1, 0.15) is 11.6 Å². The average Bonchev–Trinajstić information content (AvgIpc) is 2.69. The lowest BCUT2D eigenvalue weighted by atomic mass is 10.2. The predicted molar refractivity (Wildman–Crippen MR) is 84.9 cm³/mol. The van der Waals surface area contributed by atoms with Crippen molar-refractivity contribution in [3.63, 3.8) is 0 Å². The number of nitrogens with one attached hydrogen (secondary N) is 1. The number of carbonyl (C=O) groups excluding carboxylic acids is 1. The van der Waals surface area contributed by atoms with E-state index in [-0.39, 0.29) is 12.5 Å². The zero-order chi connectivity index (χ0) is 16.4. The number of aryl methyl sites for hydroxylation is 3. The van der Waals surface area contributed by atoms with Crippen LogP contribution in [0.5, 0.6) is 0 Å². The summed E-state index contributed by atoms with van der Waals surface area (Å²) in [5.74, 6) is 1.27. The van der Waals surface area contributed by atoms with Crippen molar-refractivity contribution in [3.8, 4) is 0 Å². The molecule has 0 aliphatic heterocycles. The van der Waals surface area contributed by atoms with Gasteiger partial charge in [-0.25, -0.2) is 9.97 Å². The maximum Gasteiger partial charge on any atom is 0.255 e. The Balaban J connectivity index is 2.14. The van der Waals surface area contributed by atoms with Gasteiger partial charge >= 0.3 is 0 Å². The summed E-state index contributed by atoms with van der Waals surface area (Å²) < 4.78 is 1.71. The first-order chi connectivity index (χ1) is 10.3. The maximum absolute atomic E-state index is 12.3. The van der Waals surface area contributed by atoms with Crippen molar-refractivity contribution in [2.24, 2.45) is 7.05 Å². The van der Waals surface area contributed by atoms with Gasteiger partial charge in [0.25, 0.3) is 5.91 Å². The maximum atomic E-state index is 12.3. The molecule has 0 bridgehead atoms. The van der Waals surface area contributed by atoms with Crippen LogP contribution < -0.4 is 10.2 Å². The number of carbonyl (C=O) groups is 1. The lowest BCUT2D eigenvalue weighted by molar-refractivity contribution is 0.0948. The fraction of sp³-hybridized carbons (Fsp3) is 0.467. The highest BCUT2D eigenvalue weighted by molar-refractivity contribution is 5.96. The van der Waals surface area contributed by atoms with E-state index in [2.05, 4.69) is 20.4 Å². The zero-order valence-corrected chi connectivity index (χ0v) is 13.9. The summed E-state index contributed by atoms with van der Waals surface area (Å²) in [7, 11) is 5.67. The Morgan fingerprint density at radius 2 is 1.95 bits per heavy atom. The van der Waals surface area contributed by atoms with Crippen LogP contribution in [0.2, 0.25) is 0 Å². The first-order valence-electron chi connectivity index (χ1n) is 7.10. The van der Waals surface area contributed by atoms with Crippen molar-refractivity contribution in [2.75, 3.05) is 19.0 Å². The Kier molecular flexibility index (Phi) is 4.44. The normalized spacial score (nSPS) is 10.6. The lowest BCUT2D eigenvalue weighted by Crippen LogP contribution is -2.25. The van der Waals surface area contributed by atoms with Gasteiger partial charge in [-0.2, -0.15) is 5.10 Å². The van der Waals surface area contributed by atoms with Crippen LogP contribution in [0.25, 0.3) is 0 Å². The van der Waals surface area contributed by atoms with Gasteiger partial charge in [-0.3, -0.25) is 9.48 Å². The second kappa shape index (κ2) is 6.13. The van der Waals surface area contributed by atoms with Crippen LogP contribution >= 0.6 is 0 Å². The number of aromatic nitrogens is 4. The van der Waals surface area contributed by atoms with E-state index in [9.17, 15) is 4.79 Å². The molecule has 1 amide bonds. The fourth-order valence-corrected chi connectivity index (χ4v) is 2.27. The Bertz CT molecular complexity index is 704. The zero-order valence-electron chi connectivity index (χ0n) is 13.9. The highest BCUT2D eigenvalue weighted by Gasteiger charge is 2.17. The molecule has 7 heteroatoms. The molecule has 0 unspecified atom stereocenters. The van der Waals surface area contributed by atoms with Gasteiger partial charge in [-0.1, -0.05) is 0 Å². The molecular formula is C15H22N6O. The van der Waals surface area contributed by atoms with Gasteiger partial charge in [0.05, 0.1) is 17.8 Å². The molecule has 2 rings (SSSR count). The van der Waals surface area contributed by atoms with Gasteiger partial charge in [0, 0.05) is 38.6 Å². The van der Waals surface area contributed by atoms with E-state index in [1.54, 1.807) is 4.68 Å². The third kappa shape index (κ3) is 3.24. The molecule has 0 aliphatic rings. The second-order valence-electron chi connectivity index (χ2n) is 5.53. The number of hydrogen-bond acceptors (Lipinski definition) is 5. The molecule has 2 aromatic rings. The molecule has 0 fully saturated rings. The van der Waals surface area contributed by atoms with Crippen molar-refractivity contribution in [2.45, 2.75) is 27.3 Å². The molecule has 118 valence electrons. The largest absolute Gasteiger partial charge is 0.363 e. The summed E-state index contributed by atoms with van der Waals surface area (Å²) in [6.45, 7) is 5.90. The summed E-state index contributed by atoms with van der Waals surface area (Å²) in [6.07, 6.45) is 0. The summed E-state index contributed by atoms with van der Waals surface area (Å²) >= 11 is 0. The minimum absolute atomic E-state index is 0.153. The second-order valence-corrected chi connectivity index (χ2v) is 5.53. The minimum Gasteiger partial charge on any atom is -0.363 e. The number of rotatable bonds is 4. The van der Waals surface area contributed by atoms with Gasteiger partial charge in [-0.15, -0.1) is 0 Å². The average molecular weight is 302 g/mol. The molecule has 0 radical (unpaired) electrons. The quantitative estimate of drug-likeness (QED) is 0.916. The molecule has 2 heterocycles. The van der Waals surface area contributed by atoms with E-state index >= 15 is 0 Å². The molecule has 0 saturated heterocycles. The van der Waals surface area contributed by atoms with Gasteiger partial charge in [-0.05, 0) is 20.8 Å². The Morgan fingerprint density at radius 1 is 1.27 bits per heavy atom. The van der Waals surface area contributed by atoms with Crippen molar-refractivity contribution in [1.82, 2.24) is 25.1 Å².